The Labute approximate surface area is 418 Å². The first kappa shape index (κ1) is 59.0. The summed E-state index contributed by atoms with van der Waals surface area (Å²) in [5, 5.41) is 47.4. The Morgan fingerprint density at radius 2 is 1.08 bits per heavy atom. The number of hydrogen-bond donors (Lipinski definition) is 12. The molecule has 0 saturated heterocycles. The van der Waals surface area contributed by atoms with Crippen molar-refractivity contribution in [3.8, 4) is 0 Å². The van der Waals surface area contributed by atoms with Gasteiger partial charge in [0.05, 0.1) is 6.04 Å². The van der Waals surface area contributed by atoms with Gasteiger partial charge in [-0.25, -0.2) is 4.79 Å². The molecular formula is C50H71N9O13. The van der Waals surface area contributed by atoms with Gasteiger partial charge >= 0.3 is 17.9 Å². The van der Waals surface area contributed by atoms with E-state index in [1.807, 2.05) is 18.2 Å². The zero-order valence-electron chi connectivity index (χ0n) is 41.8. The number of aromatic nitrogens is 1. The van der Waals surface area contributed by atoms with Gasteiger partial charge in [0.1, 0.15) is 42.3 Å². The topological polar surface area (TPSA) is 357 Å². The first-order valence-electron chi connectivity index (χ1n) is 24.1. The molecule has 7 amide bonds. The maximum atomic E-state index is 14.2. The van der Waals surface area contributed by atoms with Gasteiger partial charge in [0.15, 0.2) is 0 Å². The SMILES string of the molecule is CC[C@H](C)[C@H](NC(=O)[C@H](C)NC(=O)[C@H](CCC(=O)O)NC(=O)[C@H](CC(C)C)NC(=O)[C@H](Cc1ccccc1)NC(=O)[C@@H](NC(=O)[C@@H](N)CCC(=O)O)C(C)C)C(=O)N[C@@H](Cc1c[nH]c2ccccc12)C(=O)O. The van der Waals surface area contributed by atoms with Crippen molar-refractivity contribution in [2.75, 3.05) is 0 Å². The van der Waals surface area contributed by atoms with Crippen molar-refractivity contribution in [2.24, 2.45) is 23.5 Å². The first-order chi connectivity index (χ1) is 33.9. The first-order valence-corrected chi connectivity index (χ1v) is 24.1. The average Bonchev–Trinajstić information content (AvgIpc) is 3.73. The van der Waals surface area contributed by atoms with E-state index in [2.05, 4.69) is 42.2 Å². The van der Waals surface area contributed by atoms with Crippen LogP contribution in [0.25, 0.3) is 10.9 Å². The molecule has 72 heavy (non-hydrogen) atoms. The van der Waals surface area contributed by atoms with Crippen molar-refractivity contribution in [1.29, 1.82) is 0 Å². The number of fused-ring (bicyclic) bond motifs is 1. The second-order valence-electron chi connectivity index (χ2n) is 18.8. The fourth-order valence-corrected chi connectivity index (χ4v) is 7.65. The molecule has 0 spiro atoms. The van der Waals surface area contributed by atoms with Crippen molar-refractivity contribution in [3.05, 3.63) is 71.9 Å². The number of hydrogen-bond acceptors (Lipinski definition) is 11. The van der Waals surface area contributed by atoms with E-state index in [9.17, 15) is 58.2 Å². The Morgan fingerprint density at radius 3 is 1.68 bits per heavy atom. The number of nitrogens with two attached hydrogens (primary N) is 1. The lowest BCUT2D eigenvalue weighted by Crippen LogP contribution is -2.61. The van der Waals surface area contributed by atoms with Gasteiger partial charge in [0.25, 0.3) is 0 Å². The minimum absolute atomic E-state index is 0.0120. The van der Waals surface area contributed by atoms with E-state index >= 15 is 0 Å². The molecule has 0 aliphatic carbocycles. The van der Waals surface area contributed by atoms with Crippen LogP contribution in [0.15, 0.2) is 60.8 Å². The molecule has 22 heteroatoms. The summed E-state index contributed by atoms with van der Waals surface area (Å²) in [4.78, 5) is 134. The number of carboxylic acid groups (broad SMARTS) is 3. The van der Waals surface area contributed by atoms with E-state index in [0.717, 1.165) is 10.9 Å². The molecule has 13 N–H and O–H groups in total. The Balaban J connectivity index is 1.80. The number of rotatable bonds is 30. The predicted octanol–water partition coefficient (Wildman–Crippen LogP) is 1.26. The highest BCUT2D eigenvalue weighted by Crippen LogP contribution is 2.20. The van der Waals surface area contributed by atoms with Crippen LogP contribution < -0.4 is 43.0 Å². The number of amides is 7. The number of carbonyl (C=O) groups excluding carboxylic acids is 7. The maximum Gasteiger partial charge on any atom is 0.326 e. The number of carbonyl (C=O) groups is 10. The molecule has 2 aromatic carbocycles. The smallest absolute Gasteiger partial charge is 0.326 e. The molecule has 0 fully saturated rings. The van der Waals surface area contributed by atoms with Crippen LogP contribution in [0, 0.1) is 17.8 Å². The maximum absolute atomic E-state index is 14.2. The molecule has 1 heterocycles. The average molecular weight is 1010 g/mol. The molecule has 0 saturated carbocycles. The van der Waals surface area contributed by atoms with Gasteiger partial charge in [-0.1, -0.05) is 96.5 Å². The third-order valence-electron chi connectivity index (χ3n) is 12.0. The Morgan fingerprint density at radius 1 is 0.556 bits per heavy atom. The highest BCUT2D eigenvalue weighted by Gasteiger charge is 2.36. The van der Waals surface area contributed by atoms with Crippen molar-refractivity contribution >= 4 is 70.2 Å². The molecule has 1 aromatic heterocycles. The number of nitrogens with one attached hydrogen (secondary N) is 8. The summed E-state index contributed by atoms with van der Waals surface area (Å²) in [5.41, 5.74) is 7.94. The summed E-state index contributed by atoms with van der Waals surface area (Å²) in [7, 11) is 0. The minimum atomic E-state index is -1.55. The van der Waals surface area contributed by atoms with Crippen molar-refractivity contribution in [3.63, 3.8) is 0 Å². The second kappa shape index (κ2) is 28.5. The molecule has 22 nitrogen and oxygen atoms in total. The molecule has 0 bridgehead atoms. The number of para-hydroxylation sites is 1. The normalized spacial score (nSPS) is 15.0. The van der Waals surface area contributed by atoms with Gasteiger partial charge < -0.3 is 63.3 Å². The minimum Gasteiger partial charge on any atom is -0.481 e. The van der Waals surface area contributed by atoms with Crippen LogP contribution in [-0.2, 0) is 60.8 Å². The highest BCUT2D eigenvalue weighted by molar-refractivity contribution is 5.98. The molecule has 3 aromatic rings. The number of aliphatic carboxylic acids is 3. The van der Waals surface area contributed by atoms with E-state index in [-0.39, 0.29) is 38.0 Å². The van der Waals surface area contributed by atoms with E-state index in [1.165, 1.54) is 6.92 Å². The Hall–Kier alpha value is -7.36. The highest BCUT2D eigenvalue weighted by atomic mass is 16.4. The third-order valence-corrected chi connectivity index (χ3v) is 12.0. The lowest BCUT2D eigenvalue weighted by Gasteiger charge is -2.29. The van der Waals surface area contributed by atoms with Crippen molar-refractivity contribution < 1.29 is 63.3 Å². The van der Waals surface area contributed by atoms with E-state index in [4.69, 9.17) is 10.8 Å². The lowest BCUT2D eigenvalue weighted by molar-refractivity contribution is -0.142. The standard InChI is InChI=1S/C50H71N9O13/c1-8-28(6)42(49(70)57-38(50(71)72)24-31-25-52-34-17-13-12-16-32(31)34)59-43(64)29(7)53-45(66)35(19-21-40(62)63)54-46(67)36(22-26(2)3)55-47(68)37(23-30-14-10-9-11-15-30)56-48(69)41(27(4)5)58-44(65)33(51)18-20-39(60)61/h9-17,25-29,33,35-38,41-42,52H,8,18-24,51H2,1-7H3,(H,53,66)(H,54,67)(H,55,68)(H,56,69)(H,57,70)(H,58,65)(H,59,64)(H,60,61)(H,62,63)(H,71,72)/t28-,29-,33-,35-,36-,37-,38-,41-,42-/m0/s1. The fourth-order valence-electron chi connectivity index (χ4n) is 7.65. The van der Waals surface area contributed by atoms with Gasteiger partial charge in [-0.3, -0.25) is 43.2 Å². The van der Waals surface area contributed by atoms with Crippen LogP contribution in [0.4, 0.5) is 0 Å². The Bertz CT molecular complexity index is 2370. The van der Waals surface area contributed by atoms with Crippen LogP contribution in [-0.4, -0.2) is 128 Å². The number of carboxylic acids is 3. The molecule has 0 unspecified atom stereocenters. The number of benzene rings is 2. The second-order valence-corrected chi connectivity index (χ2v) is 18.8. The molecule has 394 valence electrons. The number of H-pyrrole nitrogens is 1. The zero-order chi connectivity index (χ0) is 53.8. The summed E-state index contributed by atoms with van der Waals surface area (Å²) in [6, 6.07) is 5.21. The van der Waals surface area contributed by atoms with Crippen LogP contribution in [0.1, 0.15) is 98.1 Å². The fraction of sp³-hybridized carbons (Fsp3) is 0.520. The lowest BCUT2D eigenvalue weighted by atomic mass is 9.97. The molecular weight excluding hydrogens is 935 g/mol. The van der Waals surface area contributed by atoms with Crippen LogP contribution >= 0.6 is 0 Å². The van der Waals surface area contributed by atoms with Crippen molar-refractivity contribution in [1.82, 2.24) is 42.2 Å². The number of aromatic amines is 1. The summed E-state index contributed by atoms with van der Waals surface area (Å²) in [5.74, 6) is -10.9. The molecule has 0 radical (unpaired) electrons. The van der Waals surface area contributed by atoms with Gasteiger partial charge in [-0.15, -0.1) is 0 Å². The van der Waals surface area contributed by atoms with Gasteiger partial charge in [-0.2, -0.15) is 0 Å². The van der Waals surface area contributed by atoms with Crippen molar-refractivity contribution in [2.45, 2.75) is 148 Å². The zero-order valence-corrected chi connectivity index (χ0v) is 41.8. The summed E-state index contributed by atoms with van der Waals surface area (Å²) in [6.07, 6.45) is 0.317. The van der Waals surface area contributed by atoms with Crippen LogP contribution in [0.2, 0.25) is 0 Å². The largest absolute Gasteiger partial charge is 0.481 e. The monoisotopic (exact) mass is 1010 g/mol. The molecule has 0 aliphatic rings. The van der Waals surface area contributed by atoms with Crippen LogP contribution in [0.3, 0.4) is 0 Å². The van der Waals surface area contributed by atoms with Gasteiger partial charge in [0, 0.05) is 42.8 Å². The van der Waals surface area contributed by atoms with E-state index < -0.39 is 132 Å². The summed E-state index contributed by atoms with van der Waals surface area (Å²) >= 11 is 0. The van der Waals surface area contributed by atoms with E-state index in [1.54, 1.807) is 84.1 Å². The van der Waals surface area contributed by atoms with E-state index in [0.29, 0.717) is 17.5 Å². The predicted molar refractivity (Wildman–Crippen MR) is 264 cm³/mol. The quantitative estimate of drug-likeness (QED) is 0.0448. The molecule has 9 atom stereocenters. The Kier molecular flexibility index (Phi) is 23.3. The van der Waals surface area contributed by atoms with Gasteiger partial charge in [0.2, 0.25) is 41.4 Å². The van der Waals surface area contributed by atoms with Gasteiger partial charge in [-0.05, 0) is 61.1 Å². The molecule has 0 aliphatic heterocycles. The van der Waals surface area contributed by atoms with Crippen LogP contribution in [0.5, 0.6) is 0 Å². The third kappa shape index (κ3) is 18.8. The summed E-state index contributed by atoms with van der Waals surface area (Å²) in [6.45, 7) is 11.6. The molecule has 3 rings (SSSR count). The summed E-state index contributed by atoms with van der Waals surface area (Å²) < 4.78 is 0.